The van der Waals surface area contributed by atoms with Gasteiger partial charge in [0.25, 0.3) is 11.6 Å². The number of rotatable bonds is 4. The lowest BCUT2D eigenvalue weighted by Crippen LogP contribution is -2.44. The highest BCUT2D eigenvalue weighted by Crippen LogP contribution is 2.26. The van der Waals surface area contributed by atoms with Gasteiger partial charge in [-0.3, -0.25) is 14.9 Å². The molecule has 1 aromatic carbocycles. The number of alkyl halides is 1. The lowest BCUT2D eigenvalue weighted by atomic mass is 9.98. The second-order valence-electron chi connectivity index (χ2n) is 5.04. The van der Waals surface area contributed by atoms with Gasteiger partial charge in [-0.2, -0.15) is 0 Å². The Morgan fingerprint density at radius 1 is 1.48 bits per heavy atom. The highest BCUT2D eigenvalue weighted by atomic mass is 35.5. The molecule has 1 atom stereocenters. The molecule has 1 amide bonds. The number of carbonyl (C=O) groups is 1. The van der Waals surface area contributed by atoms with Crippen LogP contribution in [0.15, 0.2) is 18.2 Å². The third-order valence-electron chi connectivity index (χ3n) is 3.72. The van der Waals surface area contributed by atoms with Gasteiger partial charge in [0.05, 0.1) is 11.0 Å². The van der Waals surface area contributed by atoms with Crippen LogP contribution in [-0.2, 0) is 0 Å². The van der Waals surface area contributed by atoms with Gasteiger partial charge in [-0.15, -0.1) is 11.6 Å². The Labute approximate surface area is 126 Å². The number of hydrogen-bond donors (Lipinski definition) is 0. The Hall–Kier alpha value is -1.69. The van der Waals surface area contributed by atoms with Crippen molar-refractivity contribution >= 4 is 23.2 Å². The first kappa shape index (κ1) is 15.7. The molecular weight excluding hydrogens is 299 g/mol. The van der Waals surface area contributed by atoms with Gasteiger partial charge in [0.15, 0.2) is 0 Å². The quantitative estimate of drug-likeness (QED) is 0.486. The molecule has 0 radical (unpaired) electrons. The summed E-state index contributed by atoms with van der Waals surface area (Å²) in [4.78, 5) is 24.5. The SMILES string of the molecule is O=C(c1ccc(F)cc1[N+](=O)[O-])N1CCCCC1CCCl. The molecule has 1 aromatic rings. The zero-order valence-electron chi connectivity index (χ0n) is 11.4. The first-order chi connectivity index (χ1) is 10.0. The number of hydrogen-bond acceptors (Lipinski definition) is 3. The summed E-state index contributed by atoms with van der Waals surface area (Å²) in [5, 5.41) is 11.0. The molecule has 5 nitrogen and oxygen atoms in total. The Kier molecular flexibility index (Phi) is 5.12. The summed E-state index contributed by atoms with van der Waals surface area (Å²) in [7, 11) is 0. The highest BCUT2D eigenvalue weighted by molar-refractivity contribution is 6.17. The van der Waals surface area contributed by atoms with Crippen molar-refractivity contribution in [1.29, 1.82) is 0 Å². The first-order valence-corrected chi connectivity index (χ1v) is 7.39. The Balaban J connectivity index is 2.32. The van der Waals surface area contributed by atoms with Crippen LogP contribution >= 0.6 is 11.6 Å². The molecule has 1 heterocycles. The minimum absolute atomic E-state index is 0.00610. The minimum atomic E-state index is -0.728. The van der Waals surface area contributed by atoms with E-state index >= 15 is 0 Å². The molecule has 1 aliphatic rings. The van der Waals surface area contributed by atoms with E-state index in [4.69, 9.17) is 11.6 Å². The number of piperidine rings is 1. The fourth-order valence-electron chi connectivity index (χ4n) is 2.69. The normalized spacial score (nSPS) is 18.6. The van der Waals surface area contributed by atoms with Crippen LogP contribution in [0.5, 0.6) is 0 Å². The van der Waals surface area contributed by atoms with E-state index in [1.165, 1.54) is 6.07 Å². The molecule has 2 rings (SSSR count). The third kappa shape index (κ3) is 3.50. The number of likely N-dealkylation sites (tertiary alicyclic amines) is 1. The topological polar surface area (TPSA) is 63.4 Å². The van der Waals surface area contributed by atoms with Gasteiger partial charge in [-0.1, -0.05) is 0 Å². The second-order valence-corrected chi connectivity index (χ2v) is 5.42. The molecule has 0 saturated carbocycles. The Morgan fingerprint density at radius 2 is 2.24 bits per heavy atom. The monoisotopic (exact) mass is 314 g/mol. The number of nitrogens with zero attached hydrogens (tertiary/aromatic N) is 2. The van der Waals surface area contributed by atoms with Gasteiger partial charge in [0.1, 0.15) is 11.4 Å². The molecule has 1 fully saturated rings. The number of amides is 1. The lowest BCUT2D eigenvalue weighted by Gasteiger charge is -2.35. The van der Waals surface area contributed by atoms with Crippen molar-refractivity contribution in [1.82, 2.24) is 4.90 Å². The lowest BCUT2D eigenvalue weighted by molar-refractivity contribution is -0.385. The highest BCUT2D eigenvalue weighted by Gasteiger charge is 2.31. The van der Waals surface area contributed by atoms with E-state index in [9.17, 15) is 19.3 Å². The van der Waals surface area contributed by atoms with E-state index in [-0.39, 0.29) is 11.6 Å². The smallest absolute Gasteiger partial charge is 0.285 e. The molecule has 0 aliphatic carbocycles. The minimum Gasteiger partial charge on any atom is -0.335 e. The maximum atomic E-state index is 13.2. The standard InChI is InChI=1S/C14H16ClFN2O3/c15-7-6-11-3-1-2-8-17(11)14(19)12-5-4-10(16)9-13(12)18(20)21/h4-5,9,11H,1-3,6-8H2. The van der Waals surface area contributed by atoms with E-state index in [1.54, 1.807) is 4.90 Å². The zero-order chi connectivity index (χ0) is 15.4. The van der Waals surface area contributed by atoms with E-state index in [0.29, 0.717) is 18.8 Å². The number of nitro benzene ring substituents is 1. The summed E-state index contributed by atoms with van der Waals surface area (Å²) >= 11 is 5.76. The third-order valence-corrected chi connectivity index (χ3v) is 3.94. The molecule has 114 valence electrons. The second kappa shape index (κ2) is 6.85. The fourth-order valence-corrected chi connectivity index (χ4v) is 2.94. The summed E-state index contributed by atoms with van der Waals surface area (Å²) in [6.45, 7) is 0.551. The van der Waals surface area contributed by atoms with Crippen molar-refractivity contribution in [2.45, 2.75) is 31.7 Å². The molecular formula is C14H16ClFN2O3. The molecule has 0 bridgehead atoms. The van der Waals surface area contributed by atoms with Crippen LogP contribution in [0, 0.1) is 15.9 Å². The van der Waals surface area contributed by atoms with Crippen LogP contribution in [0.4, 0.5) is 10.1 Å². The molecule has 0 N–H and O–H groups in total. The number of benzene rings is 1. The summed E-state index contributed by atoms with van der Waals surface area (Å²) in [5.41, 5.74) is -0.557. The maximum absolute atomic E-state index is 13.2. The van der Waals surface area contributed by atoms with Gasteiger partial charge in [-0.25, -0.2) is 4.39 Å². The van der Waals surface area contributed by atoms with Gasteiger partial charge < -0.3 is 4.90 Å². The predicted molar refractivity (Wildman–Crippen MR) is 77.1 cm³/mol. The maximum Gasteiger partial charge on any atom is 0.285 e. The van der Waals surface area contributed by atoms with E-state index < -0.39 is 22.3 Å². The fraction of sp³-hybridized carbons (Fsp3) is 0.500. The van der Waals surface area contributed by atoms with Crippen molar-refractivity contribution < 1.29 is 14.1 Å². The molecule has 21 heavy (non-hydrogen) atoms. The summed E-state index contributed by atoms with van der Waals surface area (Å²) in [5.74, 6) is -0.717. The van der Waals surface area contributed by atoms with Crippen molar-refractivity contribution in [3.63, 3.8) is 0 Å². The first-order valence-electron chi connectivity index (χ1n) is 6.85. The summed E-state index contributed by atoms with van der Waals surface area (Å²) in [6.07, 6.45) is 3.37. The average molecular weight is 315 g/mol. The molecule has 1 saturated heterocycles. The van der Waals surface area contributed by atoms with Crippen molar-refractivity contribution in [2.75, 3.05) is 12.4 Å². The summed E-state index contributed by atoms with van der Waals surface area (Å²) < 4.78 is 13.2. The van der Waals surface area contributed by atoms with Gasteiger partial charge >= 0.3 is 0 Å². The summed E-state index contributed by atoms with van der Waals surface area (Å²) in [6, 6.07) is 3.03. The molecule has 1 aliphatic heterocycles. The predicted octanol–water partition coefficient (Wildman–Crippen LogP) is 3.36. The van der Waals surface area contributed by atoms with Crippen LogP contribution < -0.4 is 0 Å². The number of nitro groups is 1. The average Bonchev–Trinajstić information content (AvgIpc) is 2.47. The van der Waals surface area contributed by atoms with Gasteiger partial charge in [-0.05, 0) is 37.8 Å². The van der Waals surface area contributed by atoms with E-state index in [0.717, 1.165) is 31.4 Å². The van der Waals surface area contributed by atoms with Gasteiger partial charge in [0.2, 0.25) is 0 Å². The van der Waals surface area contributed by atoms with Crippen LogP contribution in [0.1, 0.15) is 36.0 Å². The van der Waals surface area contributed by atoms with Gasteiger partial charge in [0, 0.05) is 18.5 Å². The Bertz CT molecular complexity index is 551. The van der Waals surface area contributed by atoms with Crippen LogP contribution in [0.25, 0.3) is 0 Å². The van der Waals surface area contributed by atoms with Crippen LogP contribution in [0.2, 0.25) is 0 Å². The molecule has 0 spiro atoms. The van der Waals surface area contributed by atoms with Crippen LogP contribution in [0.3, 0.4) is 0 Å². The van der Waals surface area contributed by atoms with Crippen molar-refractivity contribution in [2.24, 2.45) is 0 Å². The van der Waals surface area contributed by atoms with Crippen molar-refractivity contribution in [3.05, 3.63) is 39.7 Å². The number of halogens is 2. The largest absolute Gasteiger partial charge is 0.335 e. The van der Waals surface area contributed by atoms with Crippen molar-refractivity contribution in [3.8, 4) is 0 Å². The molecule has 0 aromatic heterocycles. The van der Waals surface area contributed by atoms with E-state index in [1.807, 2.05) is 0 Å². The zero-order valence-corrected chi connectivity index (χ0v) is 12.2. The number of carbonyl (C=O) groups excluding carboxylic acids is 1. The van der Waals surface area contributed by atoms with Crippen LogP contribution in [-0.4, -0.2) is 34.2 Å². The molecule has 1 unspecified atom stereocenters. The Morgan fingerprint density at radius 3 is 2.90 bits per heavy atom. The molecule has 7 heteroatoms. The van der Waals surface area contributed by atoms with E-state index in [2.05, 4.69) is 0 Å².